The molecule has 1 aromatic carbocycles. The highest BCUT2D eigenvalue weighted by atomic mass is 32.2. The maximum atomic E-state index is 11.2. The molecule has 1 unspecified atom stereocenters. The van der Waals surface area contributed by atoms with E-state index in [2.05, 4.69) is 29.6 Å². The molecule has 0 bridgehead atoms. The Labute approximate surface area is 104 Å². The van der Waals surface area contributed by atoms with Gasteiger partial charge >= 0.3 is 0 Å². The van der Waals surface area contributed by atoms with E-state index >= 15 is 0 Å². The Bertz CT molecular complexity index is 451. The molecule has 3 nitrogen and oxygen atoms in total. The van der Waals surface area contributed by atoms with E-state index in [0.29, 0.717) is 0 Å². The standard InChI is InChI=1S/C13H21NO2S/c1-10-5-7-13(8-6-10)12(3)14-11(2)9-17(4,15)16/h5-8,11-12,14H,9H2,1-4H3/t11?,12-/m1/s1. The SMILES string of the molecule is Cc1ccc([C@@H](C)NC(C)CS(C)(=O)=O)cc1. The normalized spacial score (nSPS) is 15.5. The molecule has 2 atom stereocenters. The number of aryl methyl sites for hydroxylation is 1. The second kappa shape index (κ2) is 5.65. The lowest BCUT2D eigenvalue weighted by atomic mass is 10.1. The van der Waals surface area contributed by atoms with Gasteiger partial charge in [0.15, 0.2) is 0 Å². The van der Waals surface area contributed by atoms with Crippen LogP contribution in [0.2, 0.25) is 0 Å². The van der Waals surface area contributed by atoms with Crippen molar-refractivity contribution in [1.82, 2.24) is 5.32 Å². The van der Waals surface area contributed by atoms with E-state index in [1.54, 1.807) is 0 Å². The first kappa shape index (κ1) is 14.2. The highest BCUT2D eigenvalue weighted by Gasteiger charge is 2.13. The van der Waals surface area contributed by atoms with E-state index < -0.39 is 9.84 Å². The number of hydrogen-bond donors (Lipinski definition) is 1. The van der Waals surface area contributed by atoms with E-state index in [1.165, 1.54) is 17.4 Å². The highest BCUT2D eigenvalue weighted by Crippen LogP contribution is 2.13. The molecule has 0 radical (unpaired) electrons. The molecule has 0 amide bonds. The van der Waals surface area contributed by atoms with E-state index in [0.717, 1.165) is 0 Å². The predicted octanol–water partition coefficient (Wildman–Crippen LogP) is 2.08. The summed E-state index contributed by atoms with van der Waals surface area (Å²) in [6.45, 7) is 5.99. The monoisotopic (exact) mass is 255 g/mol. The third-order valence-electron chi connectivity index (χ3n) is 2.66. The number of sulfone groups is 1. The molecule has 0 fully saturated rings. The van der Waals surface area contributed by atoms with E-state index in [-0.39, 0.29) is 17.8 Å². The fraction of sp³-hybridized carbons (Fsp3) is 0.538. The van der Waals surface area contributed by atoms with E-state index in [9.17, 15) is 8.42 Å². The summed E-state index contributed by atoms with van der Waals surface area (Å²) >= 11 is 0. The number of hydrogen-bond acceptors (Lipinski definition) is 3. The van der Waals surface area contributed by atoms with Crippen molar-refractivity contribution in [3.05, 3.63) is 35.4 Å². The van der Waals surface area contributed by atoms with Gasteiger partial charge in [0.25, 0.3) is 0 Å². The topological polar surface area (TPSA) is 46.2 Å². The minimum Gasteiger partial charge on any atom is -0.307 e. The molecule has 1 rings (SSSR count). The molecule has 0 heterocycles. The van der Waals surface area contributed by atoms with Gasteiger partial charge in [-0.3, -0.25) is 0 Å². The van der Waals surface area contributed by atoms with Crippen molar-refractivity contribution in [1.29, 1.82) is 0 Å². The lowest BCUT2D eigenvalue weighted by Gasteiger charge is -2.19. The van der Waals surface area contributed by atoms with Crippen LogP contribution in [-0.2, 0) is 9.84 Å². The molecule has 0 saturated carbocycles. The summed E-state index contributed by atoms with van der Waals surface area (Å²) in [5, 5.41) is 3.29. The van der Waals surface area contributed by atoms with Gasteiger partial charge < -0.3 is 5.32 Å². The highest BCUT2D eigenvalue weighted by molar-refractivity contribution is 7.90. The van der Waals surface area contributed by atoms with Gasteiger partial charge in [-0.1, -0.05) is 29.8 Å². The summed E-state index contributed by atoms with van der Waals surface area (Å²) in [6, 6.07) is 8.39. The maximum Gasteiger partial charge on any atom is 0.148 e. The fourth-order valence-electron chi connectivity index (χ4n) is 1.88. The molecule has 0 aliphatic rings. The first-order valence-electron chi connectivity index (χ1n) is 5.78. The molecule has 4 heteroatoms. The average molecular weight is 255 g/mol. The Kier molecular flexibility index (Phi) is 4.71. The van der Waals surface area contributed by atoms with Crippen molar-refractivity contribution in [3.63, 3.8) is 0 Å². The summed E-state index contributed by atoms with van der Waals surface area (Å²) in [5.74, 6) is 0.170. The summed E-state index contributed by atoms with van der Waals surface area (Å²) in [6.07, 6.45) is 1.27. The predicted molar refractivity (Wildman–Crippen MR) is 71.9 cm³/mol. The largest absolute Gasteiger partial charge is 0.307 e. The Morgan fingerprint density at radius 1 is 1.18 bits per heavy atom. The third-order valence-corrected chi connectivity index (χ3v) is 3.77. The molecule has 1 aromatic rings. The molecular formula is C13H21NO2S. The minimum absolute atomic E-state index is 0.0405. The Morgan fingerprint density at radius 2 is 1.71 bits per heavy atom. The second-order valence-corrected chi connectivity index (χ2v) is 6.98. The van der Waals surface area contributed by atoms with Crippen molar-refractivity contribution in [2.45, 2.75) is 32.9 Å². The first-order chi connectivity index (χ1) is 7.78. The Balaban J connectivity index is 2.60. The van der Waals surface area contributed by atoms with Gasteiger partial charge in [-0.25, -0.2) is 8.42 Å². The zero-order valence-corrected chi connectivity index (χ0v) is 11.7. The molecule has 17 heavy (non-hydrogen) atoms. The van der Waals surface area contributed by atoms with Crippen molar-refractivity contribution in [2.75, 3.05) is 12.0 Å². The fourth-order valence-corrected chi connectivity index (χ4v) is 2.88. The van der Waals surface area contributed by atoms with Crippen LogP contribution in [0.15, 0.2) is 24.3 Å². The Morgan fingerprint density at radius 3 is 2.18 bits per heavy atom. The van der Waals surface area contributed by atoms with Gasteiger partial charge in [0, 0.05) is 18.3 Å². The van der Waals surface area contributed by atoms with Gasteiger partial charge in [0.1, 0.15) is 9.84 Å². The van der Waals surface area contributed by atoms with Crippen LogP contribution < -0.4 is 5.32 Å². The van der Waals surface area contributed by atoms with Crippen LogP contribution in [0, 0.1) is 6.92 Å². The molecule has 0 aromatic heterocycles. The lowest BCUT2D eigenvalue weighted by molar-refractivity contribution is 0.500. The number of benzene rings is 1. The molecule has 0 spiro atoms. The number of rotatable bonds is 5. The van der Waals surface area contributed by atoms with Crippen LogP contribution >= 0.6 is 0 Å². The zero-order valence-electron chi connectivity index (χ0n) is 10.9. The van der Waals surface area contributed by atoms with Crippen molar-refractivity contribution >= 4 is 9.84 Å². The zero-order chi connectivity index (χ0) is 13.1. The Hall–Kier alpha value is -0.870. The second-order valence-electron chi connectivity index (χ2n) is 4.79. The molecule has 0 aliphatic carbocycles. The van der Waals surface area contributed by atoms with Crippen LogP contribution in [0.5, 0.6) is 0 Å². The molecule has 96 valence electrons. The third kappa shape index (κ3) is 5.33. The van der Waals surface area contributed by atoms with Gasteiger partial charge in [-0.2, -0.15) is 0 Å². The van der Waals surface area contributed by atoms with Crippen molar-refractivity contribution < 1.29 is 8.42 Å². The van der Waals surface area contributed by atoms with Gasteiger partial charge in [-0.05, 0) is 26.3 Å². The van der Waals surface area contributed by atoms with Gasteiger partial charge in [0.2, 0.25) is 0 Å². The maximum absolute atomic E-state index is 11.2. The average Bonchev–Trinajstić information content (AvgIpc) is 2.15. The van der Waals surface area contributed by atoms with Gasteiger partial charge in [-0.15, -0.1) is 0 Å². The lowest BCUT2D eigenvalue weighted by Crippen LogP contribution is -2.34. The summed E-state index contributed by atoms with van der Waals surface area (Å²) in [7, 11) is -2.92. The number of nitrogens with one attached hydrogen (secondary N) is 1. The quantitative estimate of drug-likeness (QED) is 0.876. The summed E-state index contributed by atoms with van der Waals surface area (Å²) in [4.78, 5) is 0. The van der Waals surface area contributed by atoms with Crippen LogP contribution in [0.3, 0.4) is 0 Å². The van der Waals surface area contributed by atoms with Crippen LogP contribution in [0.25, 0.3) is 0 Å². The van der Waals surface area contributed by atoms with Crippen LogP contribution in [0.4, 0.5) is 0 Å². The molecule has 1 N–H and O–H groups in total. The van der Waals surface area contributed by atoms with Crippen molar-refractivity contribution in [2.24, 2.45) is 0 Å². The summed E-state index contributed by atoms with van der Waals surface area (Å²) in [5.41, 5.74) is 2.40. The molecular weight excluding hydrogens is 234 g/mol. The summed E-state index contributed by atoms with van der Waals surface area (Å²) < 4.78 is 22.3. The smallest absolute Gasteiger partial charge is 0.148 e. The van der Waals surface area contributed by atoms with E-state index in [1.807, 2.05) is 20.8 Å². The van der Waals surface area contributed by atoms with Gasteiger partial charge in [0.05, 0.1) is 5.75 Å². The minimum atomic E-state index is -2.92. The molecule has 0 saturated heterocycles. The first-order valence-corrected chi connectivity index (χ1v) is 7.84. The van der Waals surface area contributed by atoms with Crippen LogP contribution in [-0.4, -0.2) is 26.5 Å². The van der Waals surface area contributed by atoms with E-state index in [4.69, 9.17) is 0 Å². The van der Waals surface area contributed by atoms with Crippen LogP contribution in [0.1, 0.15) is 31.0 Å². The molecule has 0 aliphatic heterocycles. The van der Waals surface area contributed by atoms with Crippen molar-refractivity contribution in [3.8, 4) is 0 Å².